The first-order valence-corrected chi connectivity index (χ1v) is 6.46. The number of nitrogens with one attached hydrogen (secondary N) is 3. The third kappa shape index (κ3) is 6.29. The van der Waals surface area contributed by atoms with Gasteiger partial charge in [0.15, 0.2) is 5.03 Å². The molecule has 1 unspecified atom stereocenters. The molecule has 1 rings (SSSR count). The van der Waals surface area contributed by atoms with E-state index in [9.17, 15) is 14.9 Å². The van der Waals surface area contributed by atoms with E-state index < -0.39 is 11.1 Å². The highest BCUT2D eigenvalue weighted by Crippen LogP contribution is 2.00. The Kier molecular flexibility index (Phi) is 6.67. The summed E-state index contributed by atoms with van der Waals surface area (Å²) in [6, 6.07) is -0.456. The van der Waals surface area contributed by atoms with Crippen LogP contribution in [0, 0.1) is 10.1 Å². The number of nitrogens with two attached hydrogens (primary N) is 2. The Labute approximate surface area is 116 Å². The molecule has 1 amide bonds. The number of carbonyl (C=O) groups is 1. The van der Waals surface area contributed by atoms with Gasteiger partial charge in [0, 0.05) is 19.1 Å². The summed E-state index contributed by atoms with van der Waals surface area (Å²) in [6.07, 6.45) is 1.88. The first-order chi connectivity index (χ1) is 9.49. The molecule has 1 aliphatic heterocycles. The molecule has 0 aromatic rings. The lowest BCUT2D eigenvalue weighted by molar-refractivity contribution is -0.525. The first kappa shape index (κ1) is 16.1. The zero-order chi connectivity index (χ0) is 15.0. The van der Waals surface area contributed by atoms with Crippen molar-refractivity contribution in [1.82, 2.24) is 16.1 Å². The molecule has 114 valence electrons. The van der Waals surface area contributed by atoms with Crippen LogP contribution in [0.4, 0.5) is 0 Å². The van der Waals surface area contributed by atoms with Gasteiger partial charge in [0.25, 0.3) is 5.96 Å². The number of guanidine groups is 1. The molecule has 0 radical (unpaired) electrons. The molecule has 0 saturated carbocycles. The normalized spacial score (nSPS) is 20.4. The van der Waals surface area contributed by atoms with Gasteiger partial charge in [-0.1, -0.05) is 5.43 Å². The van der Waals surface area contributed by atoms with Gasteiger partial charge in [0.2, 0.25) is 5.91 Å². The maximum Gasteiger partial charge on any atom is 0.251 e. The average molecular weight is 287 g/mol. The molecule has 0 spiro atoms. The summed E-state index contributed by atoms with van der Waals surface area (Å²) >= 11 is 0. The second-order valence-corrected chi connectivity index (χ2v) is 4.58. The Hall–Kier alpha value is -1.94. The van der Waals surface area contributed by atoms with E-state index >= 15 is 0 Å². The predicted octanol–water partition coefficient (Wildman–Crippen LogP) is -2.33. The van der Waals surface area contributed by atoms with Crippen LogP contribution >= 0.6 is 0 Å². The molecule has 0 aromatic carbocycles. The second-order valence-electron chi connectivity index (χ2n) is 4.58. The summed E-state index contributed by atoms with van der Waals surface area (Å²) in [5, 5.41) is 15.3. The van der Waals surface area contributed by atoms with Crippen molar-refractivity contribution in [2.45, 2.75) is 31.3 Å². The Balaban J connectivity index is 2.16. The Morgan fingerprint density at radius 2 is 2.35 bits per heavy atom. The molecule has 1 saturated heterocycles. The van der Waals surface area contributed by atoms with E-state index in [1.54, 1.807) is 5.43 Å². The van der Waals surface area contributed by atoms with Crippen molar-refractivity contribution in [3.63, 3.8) is 0 Å². The fourth-order valence-corrected chi connectivity index (χ4v) is 1.86. The second kappa shape index (κ2) is 8.27. The summed E-state index contributed by atoms with van der Waals surface area (Å²) < 4.78 is 0. The minimum Gasteiger partial charge on any atom is -0.365 e. The van der Waals surface area contributed by atoms with Crippen LogP contribution in [-0.4, -0.2) is 48.6 Å². The van der Waals surface area contributed by atoms with Gasteiger partial charge in [0.1, 0.15) is 0 Å². The summed E-state index contributed by atoms with van der Waals surface area (Å²) in [6.45, 7) is 1.95. The lowest BCUT2D eigenvalue weighted by atomic mass is 10.1. The molecule has 0 aromatic heterocycles. The molecule has 1 heterocycles. The highest BCUT2D eigenvalue weighted by Gasteiger charge is 2.20. The number of nitro groups is 1. The van der Waals surface area contributed by atoms with Crippen LogP contribution < -0.4 is 27.5 Å². The van der Waals surface area contributed by atoms with Crippen LogP contribution in [0.25, 0.3) is 0 Å². The smallest absolute Gasteiger partial charge is 0.251 e. The Bertz CT molecular complexity index is 368. The molecule has 2 atom stereocenters. The fourth-order valence-electron chi connectivity index (χ4n) is 1.86. The third-order valence-corrected chi connectivity index (χ3v) is 2.90. The summed E-state index contributed by atoms with van der Waals surface area (Å²) in [5.74, 6) is -0.441. The van der Waals surface area contributed by atoms with Gasteiger partial charge in [-0.15, -0.1) is 0 Å². The molecule has 1 fully saturated rings. The van der Waals surface area contributed by atoms with Crippen LogP contribution in [-0.2, 0) is 4.79 Å². The predicted molar refractivity (Wildman–Crippen MR) is 73.2 cm³/mol. The molecule has 10 nitrogen and oxygen atoms in total. The fraction of sp³-hybridized carbons (Fsp3) is 0.800. The quantitative estimate of drug-likeness (QED) is 0.115. The molecule has 10 heteroatoms. The average Bonchev–Trinajstić information content (AvgIpc) is 2.86. The first-order valence-electron chi connectivity index (χ1n) is 6.46. The van der Waals surface area contributed by atoms with Gasteiger partial charge in [0.05, 0.1) is 6.04 Å². The Morgan fingerprint density at radius 3 is 2.95 bits per heavy atom. The van der Waals surface area contributed by atoms with Crippen LogP contribution in [0.1, 0.15) is 19.3 Å². The van der Waals surface area contributed by atoms with E-state index in [-0.39, 0.29) is 24.5 Å². The van der Waals surface area contributed by atoms with Crippen molar-refractivity contribution in [1.29, 1.82) is 0 Å². The lowest BCUT2D eigenvalue weighted by Crippen LogP contribution is -2.46. The molecular formula is C10H21N7O3. The van der Waals surface area contributed by atoms with E-state index in [1.165, 1.54) is 0 Å². The van der Waals surface area contributed by atoms with Crippen LogP contribution in [0.3, 0.4) is 0 Å². The number of hydrogen-bond acceptors (Lipinski definition) is 6. The van der Waals surface area contributed by atoms with Crippen LogP contribution in [0.5, 0.6) is 0 Å². The third-order valence-electron chi connectivity index (χ3n) is 2.90. The van der Waals surface area contributed by atoms with Gasteiger partial charge in [-0.25, -0.2) is 15.1 Å². The number of carbonyl (C=O) groups excluding carboxylic acids is 1. The van der Waals surface area contributed by atoms with Gasteiger partial charge in [-0.05, 0) is 25.8 Å². The monoisotopic (exact) mass is 287 g/mol. The van der Waals surface area contributed by atoms with Crippen LogP contribution in [0.2, 0.25) is 0 Å². The van der Waals surface area contributed by atoms with E-state index in [0.29, 0.717) is 12.8 Å². The van der Waals surface area contributed by atoms with Crippen molar-refractivity contribution >= 4 is 11.9 Å². The van der Waals surface area contributed by atoms with Crippen molar-refractivity contribution in [3.8, 4) is 0 Å². The zero-order valence-corrected chi connectivity index (χ0v) is 11.2. The number of hydrogen-bond donors (Lipinski definition) is 5. The number of amides is 1. The Morgan fingerprint density at radius 1 is 1.60 bits per heavy atom. The van der Waals surface area contributed by atoms with Gasteiger partial charge >= 0.3 is 0 Å². The molecule has 7 N–H and O–H groups in total. The molecule has 1 aliphatic rings. The molecule has 0 bridgehead atoms. The minimum absolute atomic E-state index is 0.145. The van der Waals surface area contributed by atoms with Gasteiger partial charge in [-0.2, -0.15) is 0 Å². The number of aliphatic imine (C=N–C) groups is 1. The number of hydrazine groups is 1. The summed E-state index contributed by atoms with van der Waals surface area (Å²) in [5.41, 5.74) is 12.7. The molecular weight excluding hydrogens is 266 g/mol. The molecule has 20 heavy (non-hydrogen) atoms. The van der Waals surface area contributed by atoms with E-state index in [0.717, 1.165) is 19.5 Å². The largest absolute Gasteiger partial charge is 0.365 e. The van der Waals surface area contributed by atoms with Crippen molar-refractivity contribution in [3.05, 3.63) is 10.1 Å². The summed E-state index contributed by atoms with van der Waals surface area (Å²) in [7, 11) is 0. The van der Waals surface area contributed by atoms with E-state index in [1.807, 2.05) is 0 Å². The highest BCUT2D eigenvalue weighted by molar-refractivity contribution is 5.81. The SMILES string of the molecule is NC(=NCCC[C@H](N)C(=O)NC1CCNC1)N[N+](=O)[O-]. The van der Waals surface area contributed by atoms with E-state index in [2.05, 4.69) is 15.6 Å². The van der Waals surface area contributed by atoms with Crippen LogP contribution in [0.15, 0.2) is 4.99 Å². The van der Waals surface area contributed by atoms with Gasteiger partial charge < -0.3 is 22.1 Å². The number of rotatable bonds is 7. The maximum atomic E-state index is 11.7. The minimum atomic E-state index is -0.784. The molecule has 0 aliphatic carbocycles. The zero-order valence-electron chi connectivity index (χ0n) is 11.2. The van der Waals surface area contributed by atoms with Gasteiger partial charge in [-0.3, -0.25) is 4.79 Å². The summed E-state index contributed by atoms with van der Waals surface area (Å²) in [4.78, 5) is 25.6. The highest BCUT2D eigenvalue weighted by atomic mass is 16.7. The topological polar surface area (TPSA) is 161 Å². The van der Waals surface area contributed by atoms with Crippen molar-refractivity contribution < 1.29 is 9.83 Å². The van der Waals surface area contributed by atoms with E-state index in [4.69, 9.17) is 11.5 Å². The van der Waals surface area contributed by atoms with Crippen molar-refractivity contribution in [2.75, 3.05) is 19.6 Å². The lowest BCUT2D eigenvalue weighted by Gasteiger charge is -2.15. The van der Waals surface area contributed by atoms with Crippen molar-refractivity contribution in [2.24, 2.45) is 16.5 Å². The number of nitrogens with zero attached hydrogens (tertiary/aromatic N) is 2. The maximum absolute atomic E-state index is 11.7. The standard InChI is InChI=1S/C10H21N7O3/c11-8(9(18)15-7-3-5-13-6-7)2-1-4-14-10(12)16-17(19)20/h7-8,13H,1-6,11H2,(H,15,18)(H3,12,14,16)/t7?,8-/m0/s1.